The van der Waals surface area contributed by atoms with Crippen LogP contribution < -0.4 is 0 Å². The Balaban J connectivity index is 2.10. The Hall–Kier alpha value is -1.95. The Morgan fingerprint density at radius 2 is 1.70 bits per heavy atom. The average Bonchev–Trinajstić information content (AvgIpc) is 2.93. The van der Waals surface area contributed by atoms with Gasteiger partial charge in [0.15, 0.2) is 6.29 Å². The number of aromatic nitrogens is 2. The monoisotopic (exact) mass is 374 g/mol. The molecule has 1 heterocycles. The molecule has 0 saturated carbocycles. The lowest BCUT2D eigenvalue weighted by Gasteiger charge is -2.00. The highest BCUT2D eigenvalue weighted by Gasteiger charge is 2.11. The highest BCUT2D eigenvalue weighted by Crippen LogP contribution is 2.23. The summed E-state index contributed by atoms with van der Waals surface area (Å²) in [5.41, 5.74) is 3.19. The molecule has 0 unspecified atom stereocenters. The lowest BCUT2D eigenvalue weighted by Crippen LogP contribution is -1.93. The van der Waals surface area contributed by atoms with Crippen molar-refractivity contribution in [1.29, 1.82) is 0 Å². The van der Waals surface area contributed by atoms with Crippen molar-refractivity contribution in [2.45, 2.75) is 0 Å². The molecule has 1 aromatic heterocycles. The molecule has 0 bridgehead atoms. The molecule has 0 fully saturated rings. The van der Waals surface area contributed by atoms with Crippen molar-refractivity contribution in [3.05, 3.63) is 69.9 Å². The summed E-state index contributed by atoms with van der Waals surface area (Å²) in [6, 6.07) is 17.7. The number of hydrogen-bond donors (Lipinski definition) is 0. The molecule has 0 aliphatic heterocycles. The molecule has 0 saturated heterocycles. The average molecular weight is 374 g/mol. The molecule has 0 amide bonds. The molecule has 20 heavy (non-hydrogen) atoms. The third-order valence-corrected chi connectivity index (χ3v) is 3.73. The van der Waals surface area contributed by atoms with Crippen LogP contribution in [0.25, 0.3) is 16.9 Å². The molecule has 0 radical (unpaired) electrons. The molecule has 0 spiro atoms. The topological polar surface area (TPSA) is 34.9 Å². The van der Waals surface area contributed by atoms with Crippen molar-refractivity contribution < 1.29 is 4.79 Å². The maximum Gasteiger partial charge on any atom is 0.153 e. The highest BCUT2D eigenvalue weighted by atomic mass is 127. The van der Waals surface area contributed by atoms with Crippen LogP contribution in [0.1, 0.15) is 10.4 Å². The van der Waals surface area contributed by atoms with Crippen molar-refractivity contribution in [1.82, 2.24) is 9.78 Å². The summed E-state index contributed by atoms with van der Waals surface area (Å²) in [4.78, 5) is 11.3. The Kier molecular flexibility index (Phi) is 3.64. The fraction of sp³-hybridized carbons (Fsp3) is 0. The maximum absolute atomic E-state index is 11.3. The van der Waals surface area contributed by atoms with Crippen LogP contribution >= 0.6 is 22.6 Å². The van der Waals surface area contributed by atoms with E-state index in [0.29, 0.717) is 11.3 Å². The molecule has 3 aromatic rings. The minimum Gasteiger partial charge on any atom is -0.298 e. The van der Waals surface area contributed by atoms with Gasteiger partial charge in [-0.25, -0.2) is 4.68 Å². The molecule has 3 nitrogen and oxygen atoms in total. The van der Waals surface area contributed by atoms with Crippen LogP contribution in [0.15, 0.2) is 60.8 Å². The molecular formula is C16H11IN2O. The van der Waals surface area contributed by atoms with E-state index in [2.05, 4.69) is 27.7 Å². The van der Waals surface area contributed by atoms with Gasteiger partial charge in [-0.2, -0.15) is 5.10 Å². The van der Waals surface area contributed by atoms with E-state index in [1.165, 1.54) is 0 Å². The van der Waals surface area contributed by atoms with Gasteiger partial charge in [-0.1, -0.05) is 30.3 Å². The van der Waals surface area contributed by atoms with Crippen LogP contribution in [0, 0.1) is 3.57 Å². The fourth-order valence-electron chi connectivity index (χ4n) is 2.02. The lowest BCUT2D eigenvalue weighted by atomic mass is 10.1. The second-order valence-electron chi connectivity index (χ2n) is 4.34. The van der Waals surface area contributed by atoms with Gasteiger partial charge in [0.25, 0.3) is 0 Å². The van der Waals surface area contributed by atoms with E-state index >= 15 is 0 Å². The molecule has 0 N–H and O–H groups in total. The van der Waals surface area contributed by atoms with Gasteiger partial charge in [0, 0.05) is 15.3 Å². The zero-order valence-electron chi connectivity index (χ0n) is 10.5. The van der Waals surface area contributed by atoms with Crippen molar-refractivity contribution >= 4 is 28.9 Å². The predicted molar refractivity (Wildman–Crippen MR) is 87.1 cm³/mol. The molecule has 0 atom stereocenters. The first-order chi connectivity index (χ1) is 9.78. The third-order valence-electron chi connectivity index (χ3n) is 3.01. The van der Waals surface area contributed by atoms with E-state index in [0.717, 1.165) is 21.1 Å². The van der Waals surface area contributed by atoms with E-state index in [9.17, 15) is 4.79 Å². The van der Waals surface area contributed by atoms with Gasteiger partial charge in [-0.05, 0) is 46.9 Å². The zero-order chi connectivity index (χ0) is 13.9. The van der Waals surface area contributed by atoms with Gasteiger partial charge in [-0.3, -0.25) is 4.79 Å². The van der Waals surface area contributed by atoms with Gasteiger partial charge >= 0.3 is 0 Å². The van der Waals surface area contributed by atoms with E-state index in [4.69, 9.17) is 0 Å². The van der Waals surface area contributed by atoms with Gasteiger partial charge in [0.05, 0.1) is 11.3 Å². The summed E-state index contributed by atoms with van der Waals surface area (Å²) in [7, 11) is 0. The van der Waals surface area contributed by atoms with Crippen LogP contribution in [-0.4, -0.2) is 16.1 Å². The number of benzene rings is 2. The molecule has 0 aliphatic rings. The second kappa shape index (κ2) is 5.58. The summed E-state index contributed by atoms with van der Waals surface area (Å²) < 4.78 is 2.89. The number of carbonyl (C=O) groups is 1. The quantitative estimate of drug-likeness (QED) is 0.514. The Bertz CT molecular complexity index is 733. The molecular weight excluding hydrogens is 363 g/mol. The normalized spacial score (nSPS) is 10.4. The molecule has 0 aliphatic carbocycles. The van der Waals surface area contributed by atoms with Crippen LogP contribution in [0.5, 0.6) is 0 Å². The number of rotatable bonds is 3. The highest BCUT2D eigenvalue weighted by molar-refractivity contribution is 14.1. The first-order valence-electron chi connectivity index (χ1n) is 6.14. The fourth-order valence-corrected chi connectivity index (χ4v) is 2.38. The van der Waals surface area contributed by atoms with Crippen LogP contribution in [-0.2, 0) is 0 Å². The standard InChI is InChI=1S/C16H11IN2O/c17-14-8-6-12(7-9-14)16-13(11-20)10-19(18-16)15-4-2-1-3-5-15/h1-11H. The molecule has 98 valence electrons. The SMILES string of the molecule is O=Cc1cn(-c2ccccc2)nc1-c1ccc(I)cc1. The molecule has 3 rings (SSSR count). The third kappa shape index (κ3) is 2.51. The minimum atomic E-state index is 0.593. The first kappa shape index (κ1) is 13.1. The Morgan fingerprint density at radius 3 is 2.35 bits per heavy atom. The van der Waals surface area contributed by atoms with Gasteiger partial charge < -0.3 is 0 Å². The minimum absolute atomic E-state index is 0.593. The summed E-state index contributed by atoms with van der Waals surface area (Å²) in [6.45, 7) is 0. The van der Waals surface area contributed by atoms with Gasteiger partial charge in [-0.15, -0.1) is 0 Å². The largest absolute Gasteiger partial charge is 0.298 e. The Labute approximate surface area is 130 Å². The maximum atomic E-state index is 11.3. The number of nitrogens with zero attached hydrogens (tertiary/aromatic N) is 2. The summed E-state index contributed by atoms with van der Waals surface area (Å²) in [5.74, 6) is 0. The predicted octanol–water partition coefficient (Wildman–Crippen LogP) is 3.96. The van der Waals surface area contributed by atoms with Crippen LogP contribution in [0.3, 0.4) is 0 Å². The van der Waals surface area contributed by atoms with E-state index in [-0.39, 0.29) is 0 Å². The number of halogens is 1. The van der Waals surface area contributed by atoms with E-state index in [1.807, 2.05) is 54.6 Å². The zero-order valence-corrected chi connectivity index (χ0v) is 12.7. The summed E-state index contributed by atoms with van der Waals surface area (Å²) >= 11 is 2.25. The smallest absolute Gasteiger partial charge is 0.153 e. The van der Waals surface area contributed by atoms with Crippen molar-refractivity contribution in [2.75, 3.05) is 0 Å². The van der Waals surface area contributed by atoms with Crippen molar-refractivity contribution in [3.8, 4) is 16.9 Å². The number of carbonyl (C=O) groups excluding carboxylic acids is 1. The summed E-state index contributed by atoms with van der Waals surface area (Å²) in [5, 5.41) is 4.53. The second-order valence-corrected chi connectivity index (χ2v) is 5.58. The Morgan fingerprint density at radius 1 is 1.00 bits per heavy atom. The van der Waals surface area contributed by atoms with Gasteiger partial charge in [0.1, 0.15) is 5.69 Å². The van der Waals surface area contributed by atoms with Crippen molar-refractivity contribution in [3.63, 3.8) is 0 Å². The summed E-state index contributed by atoms with van der Waals surface area (Å²) in [6.07, 6.45) is 2.61. The van der Waals surface area contributed by atoms with Gasteiger partial charge in [0.2, 0.25) is 0 Å². The van der Waals surface area contributed by atoms with E-state index < -0.39 is 0 Å². The number of aldehydes is 1. The van der Waals surface area contributed by atoms with E-state index in [1.54, 1.807) is 10.9 Å². The van der Waals surface area contributed by atoms with Crippen LogP contribution in [0.4, 0.5) is 0 Å². The molecule has 2 aromatic carbocycles. The number of hydrogen-bond acceptors (Lipinski definition) is 2. The first-order valence-corrected chi connectivity index (χ1v) is 7.22. The lowest BCUT2D eigenvalue weighted by molar-refractivity contribution is 0.112. The van der Waals surface area contributed by atoms with Crippen LogP contribution in [0.2, 0.25) is 0 Å². The number of para-hydroxylation sites is 1. The molecule has 4 heteroatoms. The van der Waals surface area contributed by atoms with Crippen molar-refractivity contribution in [2.24, 2.45) is 0 Å².